The molecule has 0 aliphatic rings. The molecule has 1 N–H and O–H groups in total. The predicted octanol–water partition coefficient (Wildman–Crippen LogP) is 3.02. The number of nitrogens with zero attached hydrogens (tertiary/aromatic N) is 1. The average Bonchev–Trinajstić information content (AvgIpc) is 2.52. The zero-order chi connectivity index (χ0) is 16.1. The molecular formula is C17H19NO4. The van der Waals surface area contributed by atoms with Gasteiger partial charge in [0.25, 0.3) is 5.56 Å². The summed E-state index contributed by atoms with van der Waals surface area (Å²) < 4.78 is 7.06. The number of aromatic carboxylic acids is 1. The van der Waals surface area contributed by atoms with Crippen molar-refractivity contribution in [1.82, 2.24) is 4.57 Å². The third kappa shape index (κ3) is 3.19. The van der Waals surface area contributed by atoms with Crippen LogP contribution in [-0.4, -0.2) is 22.2 Å². The summed E-state index contributed by atoms with van der Waals surface area (Å²) in [6.45, 7) is 4.87. The first-order valence-electron chi connectivity index (χ1n) is 7.28. The molecular weight excluding hydrogens is 282 g/mol. The van der Waals surface area contributed by atoms with Crippen LogP contribution < -0.4 is 10.3 Å². The van der Waals surface area contributed by atoms with Crippen molar-refractivity contribution in [3.8, 4) is 17.0 Å². The molecule has 0 unspecified atom stereocenters. The van der Waals surface area contributed by atoms with Crippen LogP contribution in [0, 0.1) is 0 Å². The Morgan fingerprint density at radius 2 is 2.00 bits per heavy atom. The number of carboxylic acids is 1. The second-order valence-electron chi connectivity index (χ2n) is 4.86. The van der Waals surface area contributed by atoms with Crippen molar-refractivity contribution in [1.29, 1.82) is 0 Å². The SMILES string of the molecule is CCCOc1cccc(-c2ccc(C(=O)O)c(=O)n2CC)c1. The number of ether oxygens (including phenoxy) is 1. The molecule has 116 valence electrons. The maximum Gasteiger partial charge on any atom is 0.341 e. The molecule has 0 aliphatic carbocycles. The number of carbonyl (C=O) groups is 1. The molecule has 0 spiro atoms. The van der Waals surface area contributed by atoms with E-state index in [1.807, 2.05) is 38.1 Å². The van der Waals surface area contributed by atoms with Crippen molar-refractivity contribution in [3.05, 3.63) is 52.3 Å². The molecule has 1 heterocycles. The minimum absolute atomic E-state index is 0.219. The van der Waals surface area contributed by atoms with Crippen LogP contribution in [0.3, 0.4) is 0 Å². The Hall–Kier alpha value is -2.56. The van der Waals surface area contributed by atoms with Gasteiger partial charge in [0.2, 0.25) is 0 Å². The Kier molecular flexibility index (Phi) is 4.99. The number of aromatic nitrogens is 1. The third-order valence-electron chi connectivity index (χ3n) is 3.32. The van der Waals surface area contributed by atoms with Crippen molar-refractivity contribution < 1.29 is 14.6 Å². The zero-order valence-corrected chi connectivity index (χ0v) is 12.7. The lowest BCUT2D eigenvalue weighted by Crippen LogP contribution is -2.26. The van der Waals surface area contributed by atoms with Crippen molar-refractivity contribution in [2.45, 2.75) is 26.8 Å². The summed E-state index contributed by atoms with van der Waals surface area (Å²) in [6.07, 6.45) is 0.914. The van der Waals surface area contributed by atoms with Crippen LogP contribution in [0.15, 0.2) is 41.2 Å². The van der Waals surface area contributed by atoms with Crippen LogP contribution in [0.25, 0.3) is 11.3 Å². The van der Waals surface area contributed by atoms with Crippen molar-refractivity contribution in [3.63, 3.8) is 0 Å². The number of hydrogen-bond acceptors (Lipinski definition) is 3. The normalized spacial score (nSPS) is 10.5. The quantitative estimate of drug-likeness (QED) is 0.890. The maximum absolute atomic E-state index is 12.2. The van der Waals surface area contributed by atoms with E-state index in [0.717, 1.165) is 17.7 Å². The van der Waals surface area contributed by atoms with Crippen LogP contribution in [0.2, 0.25) is 0 Å². The van der Waals surface area contributed by atoms with Crippen LogP contribution in [0.1, 0.15) is 30.6 Å². The lowest BCUT2D eigenvalue weighted by molar-refractivity contribution is 0.0694. The number of hydrogen-bond donors (Lipinski definition) is 1. The molecule has 0 bridgehead atoms. The molecule has 1 aromatic heterocycles. The highest BCUT2D eigenvalue weighted by Crippen LogP contribution is 2.23. The molecule has 0 amide bonds. The van der Waals surface area contributed by atoms with Crippen molar-refractivity contribution in [2.75, 3.05) is 6.61 Å². The molecule has 0 saturated heterocycles. The van der Waals surface area contributed by atoms with Crippen molar-refractivity contribution >= 4 is 5.97 Å². The molecule has 0 fully saturated rings. The van der Waals surface area contributed by atoms with Crippen LogP contribution >= 0.6 is 0 Å². The lowest BCUT2D eigenvalue weighted by Gasteiger charge is -2.13. The van der Waals surface area contributed by atoms with E-state index in [4.69, 9.17) is 9.84 Å². The highest BCUT2D eigenvalue weighted by Gasteiger charge is 2.14. The fraction of sp³-hybridized carbons (Fsp3) is 0.294. The van der Waals surface area contributed by atoms with Gasteiger partial charge in [0.1, 0.15) is 11.3 Å². The van der Waals surface area contributed by atoms with Crippen LogP contribution in [-0.2, 0) is 6.54 Å². The maximum atomic E-state index is 12.2. The Morgan fingerprint density at radius 1 is 1.23 bits per heavy atom. The Balaban J connectivity index is 2.51. The fourth-order valence-electron chi connectivity index (χ4n) is 2.27. The minimum Gasteiger partial charge on any atom is -0.494 e. The third-order valence-corrected chi connectivity index (χ3v) is 3.32. The molecule has 22 heavy (non-hydrogen) atoms. The van der Waals surface area contributed by atoms with Gasteiger partial charge in [0.15, 0.2) is 0 Å². The summed E-state index contributed by atoms with van der Waals surface area (Å²) in [6, 6.07) is 10.5. The summed E-state index contributed by atoms with van der Waals surface area (Å²) in [7, 11) is 0. The highest BCUT2D eigenvalue weighted by molar-refractivity contribution is 5.87. The lowest BCUT2D eigenvalue weighted by atomic mass is 10.1. The van der Waals surface area contributed by atoms with Crippen molar-refractivity contribution in [2.24, 2.45) is 0 Å². The molecule has 0 aliphatic heterocycles. The van der Waals surface area contributed by atoms with Gasteiger partial charge >= 0.3 is 5.97 Å². The molecule has 0 atom stereocenters. The smallest absolute Gasteiger partial charge is 0.341 e. The summed E-state index contributed by atoms with van der Waals surface area (Å²) >= 11 is 0. The standard InChI is InChI=1S/C17H19NO4/c1-3-10-22-13-7-5-6-12(11-13)15-9-8-14(17(20)21)16(19)18(15)4-2/h5-9,11H,3-4,10H2,1-2H3,(H,20,21). The number of pyridine rings is 1. The van der Waals surface area contributed by atoms with Gasteiger partial charge in [-0.25, -0.2) is 4.79 Å². The van der Waals surface area contributed by atoms with Gasteiger partial charge < -0.3 is 14.4 Å². The Morgan fingerprint density at radius 3 is 2.64 bits per heavy atom. The van der Waals surface area contributed by atoms with E-state index in [0.29, 0.717) is 18.8 Å². The van der Waals surface area contributed by atoms with E-state index >= 15 is 0 Å². The van der Waals surface area contributed by atoms with Gasteiger partial charge in [-0.1, -0.05) is 19.1 Å². The Labute approximate surface area is 128 Å². The molecule has 1 aromatic carbocycles. The van der Waals surface area contributed by atoms with Crippen LogP contribution in [0.4, 0.5) is 0 Å². The van der Waals surface area contributed by atoms with Crippen LogP contribution in [0.5, 0.6) is 5.75 Å². The van der Waals surface area contributed by atoms with E-state index in [2.05, 4.69) is 0 Å². The highest BCUT2D eigenvalue weighted by atomic mass is 16.5. The van der Waals surface area contributed by atoms with E-state index in [1.165, 1.54) is 10.6 Å². The van der Waals surface area contributed by atoms with Gasteiger partial charge in [0.05, 0.1) is 12.3 Å². The van der Waals surface area contributed by atoms with Gasteiger partial charge in [-0.3, -0.25) is 4.79 Å². The largest absolute Gasteiger partial charge is 0.494 e. The molecule has 0 radical (unpaired) electrons. The van der Waals surface area contributed by atoms with E-state index in [9.17, 15) is 9.59 Å². The second kappa shape index (κ2) is 6.93. The summed E-state index contributed by atoms with van der Waals surface area (Å²) in [5.74, 6) is -0.476. The number of rotatable bonds is 6. The molecule has 0 saturated carbocycles. The summed E-state index contributed by atoms with van der Waals surface area (Å²) in [5.41, 5.74) is 0.792. The van der Waals surface area contributed by atoms with Gasteiger partial charge in [0, 0.05) is 12.1 Å². The molecule has 2 rings (SSSR count). The summed E-state index contributed by atoms with van der Waals surface area (Å²) in [4.78, 5) is 23.3. The number of benzene rings is 1. The Bertz CT molecular complexity index is 734. The van der Waals surface area contributed by atoms with E-state index < -0.39 is 11.5 Å². The summed E-state index contributed by atoms with van der Waals surface area (Å²) in [5, 5.41) is 9.05. The first-order valence-corrected chi connectivity index (χ1v) is 7.28. The monoisotopic (exact) mass is 301 g/mol. The minimum atomic E-state index is -1.21. The second-order valence-corrected chi connectivity index (χ2v) is 4.86. The first kappa shape index (κ1) is 15.8. The molecule has 5 nitrogen and oxygen atoms in total. The van der Waals surface area contributed by atoms with Gasteiger partial charge in [-0.05, 0) is 37.6 Å². The van der Waals surface area contributed by atoms with E-state index in [-0.39, 0.29) is 5.56 Å². The van der Waals surface area contributed by atoms with Gasteiger partial charge in [-0.2, -0.15) is 0 Å². The zero-order valence-electron chi connectivity index (χ0n) is 12.7. The molecule has 2 aromatic rings. The predicted molar refractivity (Wildman–Crippen MR) is 84.6 cm³/mol. The molecule has 5 heteroatoms. The van der Waals surface area contributed by atoms with E-state index in [1.54, 1.807) is 6.07 Å². The number of carboxylic acid groups (broad SMARTS) is 1. The van der Waals surface area contributed by atoms with Gasteiger partial charge in [-0.15, -0.1) is 0 Å². The first-order chi connectivity index (χ1) is 10.6. The topological polar surface area (TPSA) is 68.5 Å². The fourth-order valence-corrected chi connectivity index (χ4v) is 2.27. The average molecular weight is 301 g/mol.